The molecule has 0 saturated carbocycles. The smallest absolute Gasteiger partial charge is 0.350 e. The van der Waals surface area contributed by atoms with Gasteiger partial charge in [-0.25, -0.2) is 4.79 Å². The van der Waals surface area contributed by atoms with Gasteiger partial charge in [0.2, 0.25) is 0 Å². The second-order valence-corrected chi connectivity index (χ2v) is 9.32. The number of benzene rings is 1. The van der Waals surface area contributed by atoms with E-state index in [1.807, 2.05) is 42.6 Å². The van der Waals surface area contributed by atoms with E-state index in [1.165, 1.54) is 18.4 Å². The van der Waals surface area contributed by atoms with Crippen LogP contribution in [0, 0.1) is 6.92 Å². The summed E-state index contributed by atoms with van der Waals surface area (Å²) < 4.78 is 5.27. The second kappa shape index (κ2) is 11.2. The number of methoxy groups -OCH3 is 1. The van der Waals surface area contributed by atoms with Crippen molar-refractivity contribution in [1.82, 2.24) is 5.32 Å². The Morgan fingerprint density at radius 2 is 1.66 bits per heavy atom. The minimum Gasteiger partial charge on any atom is -0.465 e. The van der Waals surface area contributed by atoms with Crippen molar-refractivity contribution in [1.29, 1.82) is 0 Å². The van der Waals surface area contributed by atoms with Crippen LogP contribution in [0.4, 0.5) is 5.69 Å². The molecule has 0 radical (unpaired) electrons. The Kier molecular flexibility index (Phi) is 8.41. The third kappa shape index (κ3) is 6.40. The van der Waals surface area contributed by atoms with Gasteiger partial charge in [0.1, 0.15) is 4.88 Å². The topological polar surface area (TPSA) is 84.5 Å². The zero-order valence-corrected chi connectivity index (χ0v) is 19.6. The summed E-state index contributed by atoms with van der Waals surface area (Å²) in [5, 5.41) is 7.75. The first kappa shape index (κ1) is 23.9. The molecular weight excluding hydrogens is 426 g/mol. The van der Waals surface area contributed by atoms with Gasteiger partial charge in [0.25, 0.3) is 11.8 Å². The number of thiophene rings is 1. The van der Waals surface area contributed by atoms with Gasteiger partial charge in [0.05, 0.1) is 25.9 Å². The van der Waals surface area contributed by atoms with Crippen LogP contribution in [0.5, 0.6) is 0 Å². The zero-order chi connectivity index (χ0) is 23.0. The molecule has 1 aromatic carbocycles. The van der Waals surface area contributed by atoms with Gasteiger partial charge in [0.15, 0.2) is 13.1 Å². The highest BCUT2D eigenvalue weighted by atomic mass is 32.1. The summed E-state index contributed by atoms with van der Waals surface area (Å²) in [7, 11) is 1.33. The van der Waals surface area contributed by atoms with Crippen molar-refractivity contribution in [3.05, 3.63) is 51.7 Å². The van der Waals surface area contributed by atoms with E-state index in [9.17, 15) is 14.4 Å². The van der Waals surface area contributed by atoms with Gasteiger partial charge < -0.3 is 19.9 Å². The van der Waals surface area contributed by atoms with Gasteiger partial charge in [-0.3, -0.25) is 9.59 Å². The van der Waals surface area contributed by atoms with Crippen LogP contribution < -0.4 is 10.6 Å². The first-order valence-electron chi connectivity index (χ1n) is 11.0. The molecular formula is C24H32N3O4S+. The average Bonchev–Trinajstić information content (AvgIpc) is 2.99. The van der Waals surface area contributed by atoms with Gasteiger partial charge in [-0.05, 0) is 49.1 Å². The summed E-state index contributed by atoms with van der Waals surface area (Å²) in [6.07, 6.45) is 4.21. The third-order valence-electron chi connectivity index (χ3n) is 5.92. The predicted molar refractivity (Wildman–Crippen MR) is 126 cm³/mol. The minimum absolute atomic E-state index is 0.0504. The van der Waals surface area contributed by atoms with E-state index in [1.54, 1.807) is 0 Å². The fourth-order valence-corrected chi connectivity index (χ4v) is 5.14. The van der Waals surface area contributed by atoms with E-state index in [0.29, 0.717) is 21.6 Å². The van der Waals surface area contributed by atoms with Crippen LogP contribution in [0.25, 0.3) is 0 Å². The summed E-state index contributed by atoms with van der Waals surface area (Å²) in [6, 6.07) is 9.80. The number of aryl methyl sites for hydroxylation is 1. The molecule has 0 spiro atoms. The van der Waals surface area contributed by atoms with Gasteiger partial charge in [-0.1, -0.05) is 30.3 Å². The van der Waals surface area contributed by atoms with Crippen molar-refractivity contribution in [2.24, 2.45) is 0 Å². The summed E-state index contributed by atoms with van der Waals surface area (Å²) in [6.45, 7) is 4.38. The molecule has 2 aromatic rings. The monoisotopic (exact) mass is 458 g/mol. The highest BCUT2D eigenvalue weighted by Crippen LogP contribution is 2.28. The Hall–Kier alpha value is -2.71. The zero-order valence-electron chi connectivity index (χ0n) is 18.8. The van der Waals surface area contributed by atoms with Crippen molar-refractivity contribution in [3.63, 3.8) is 0 Å². The molecule has 1 fully saturated rings. The Labute approximate surface area is 193 Å². The van der Waals surface area contributed by atoms with Crippen LogP contribution in [0.2, 0.25) is 0 Å². The normalized spacial score (nSPS) is 15.4. The van der Waals surface area contributed by atoms with Crippen LogP contribution >= 0.6 is 11.3 Å². The van der Waals surface area contributed by atoms with E-state index in [0.717, 1.165) is 49.9 Å². The molecule has 1 aromatic heterocycles. The summed E-state index contributed by atoms with van der Waals surface area (Å²) in [4.78, 5) is 38.3. The first-order valence-corrected chi connectivity index (χ1v) is 11.9. The maximum atomic E-state index is 13.1. The van der Waals surface area contributed by atoms with Gasteiger partial charge in [-0.2, -0.15) is 0 Å². The fourth-order valence-electron chi connectivity index (χ4n) is 4.22. The summed E-state index contributed by atoms with van der Waals surface area (Å²) in [5.41, 5.74) is 2.38. The van der Waals surface area contributed by atoms with Gasteiger partial charge in [-0.15, -0.1) is 11.3 Å². The Morgan fingerprint density at radius 1 is 1.00 bits per heavy atom. The van der Waals surface area contributed by atoms with Crippen LogP contribution in [0.15, 0.2) is 35.7 Å². The lowest BCUT2D eigenvalue weighted by Gasteiger charge is -2.36. The van der Waals surface area contributed by atoms with Crippen molar-refractivity contribution in [2.75, 3.05) is 38.6 Å². The number of carbonyl (C=O) groups excluding carboxylic acids is 3. The molecule has 0 bridgehead atoms. The number of nitrogens with one attached hydrogen (secondary N) is 2. The Bertz CT molecular complexity index is 934. The maximum Gasteiger partial charge on any atom is 0.350 e. The summed E-state index contributed by atoms with van der Waals surface area (Å²) in [5.74, 6) is -0.697. The van der Waals surface area contributed by atoms with Crippen LogP contribution in [0.3, 0.4) is 0 Å². The number of carbonyl (C=O) groups is 3. The SMILES string of the molecule is COC(=O)c1scc(C)c1NC(=O)C[N+]1(CC(=O)NCc2ccccc2)CCCCCC1. The largest absolute Gasteiger partial charge is 0.465 e. The van der Waals surface area contributed by atoms with Crippen LogP contribution in [-0.4, -0.2) is 55.6 Å². The lowest BCUT2D eigenvalue weighted by molar-refractivity contribution is -0.912. The lowest BCUT2D eigenvalue weighted by Crippen LogP contribution is -2.57. The number of amides is 2. The molecule has 172 valence electrons. The third-order valence-corrected chi connectivity index (χ3v) is 6.99. The highest BCUT2D eigenvalue weighted by Gasteiger charge is 2.34. The molecule has 1 aliphatic rings. The Balaban J connectivity index is 1.68. The number of likely N-dealkylation sites (tertiary alicyclic amines) is 1. The van der Waals surface area contributed by atoms with Crippen molar-refractivity contribution in [2.45, 2.75) is 39.2 Å². The van der Waals surface area contributed by atoms with Crippen molar-refractivity contribution < 1.29 is 23.6 Å². The van der Waals surface area contributed by atoms with E-state index in [2.05, 4.69) is 10.6 Å². The quantitative estimate of drug-likeness (QED) is 0.469. The molecule has 0 atom stereocenters. The number of nitrogens with zero attached hydrogens (tertiary/aromatic N) is 1. The number of anilines is 1. The van der Waals surface area contributed by atoms with Gasteiger partial charge >= 0.3 is 5.97 Å². The fraction of sp³-hybridized carbons (Fsp3) is 0.458. The van der Waals surface area contributed by atoms with Gasteiger partial charge in [0, 0.05) is 6.54 Å². The first-order chi connectivity index (χ1) is 15.4. The number of ether oxygens (including phenoxy) is 1. The highest BCUT2D eigenvalue weighted by molar-refractivity contribution is 7.12. The predicted octanol–water partition coefficient (Wildman–Crippen LogP) is 3.49. The van der Waals surface area contributed by atoms with Crippen molar-refractivity contribution in [3.8, 4) is 0 Å². The molecule has 2 heterocycles. The second-order valence-electron chi connectivity index (χ2n) is 8.44. The van der Waals surface area contributed by atoms with E-state index in [4.69, 9.17) is 4.74 Å². The molecule has 0 aliphatic carbocycles. The molecule has 2 N–H and O–H groups in total. The molecule has 0 unspecified atom stereocenters. The van der Waals surface area contributed by atoms with Crippen molar-refractivity contribution >= 4 is 34.8 Å². The van der Waals surface area contributed by atoms with Crippen LogP contribution in [-0.2, 0) is 20.9 Å². The molecule has 1 saturated heterocycles. The molecule has 3 rings (SSSR count). The van der Waals surface area contributed by atoms with Crippen LogP contribution in [0.1, 0.15) is 46.5 Å². The number of rotatable bonds is 8. The number of hydrogen-bond acceptors (Lipinski definition) is 5. The lowest BCUT2D eigenvalue weighted by atomic mass is 10.2. The Morgan fingerprint density at radius 3 is 2.31 bits per heavy atom. The van der Waals surface area contributed by atoms with E-state index >= 15 is 0 Å². The molecule has 32 heavy (non-hydrogen) atoms. The van der Waals surface area contributed by atoms with E-state index < -0.39 is 5.97 Å². The number of esters is 1. The molecule has 8 heteroatoms. The molecule has 2 amide bonds. The maximum absolute atomic E-state index is 13.1. The molecule has 7 nitrogen and oxygen atoms in total. The number of quaternary nitrogens is 1. The van der Waals surface area contributed by atoms with E-state index in [-0.39, 0.29) is 24.9 Å². The standard InChI is InChI=1S/C24H31N3O4S/c1-18-17-32-23(24(30)31-2)22(18)26-21(29)16-27(12-8-3-4-9-13-27)15-20(28)25-14-19-10-6-5-7-11-19/h5-7,10-11,17H,3-4,8-9,12-16H2,1-2H3,(H-,25,26,28,29,30)/p+1. The molecule has 1 aliphatic heterocycles. The summed E-state index contributed by atoms with van der Waals surface area (Å²) >= 11 is 1.26. The minimum atomic E-state index is -0.461. The number of hydrogen-bond donors (Lipinski definition) is 2. The average molecular weight is 459 g/mol.